The Kier molecular flexibility index (Phi) is 4.24. The van der Waals surface area contributed by atoms with E-state index in [2.05, 4.69) is 0 Å². The van der Waals surface area contributed by atoms with Crippen LogP contribution < -0.4 is 0 Å². The summed E-state index contributed by atoms with van der Waals surface area (Å²) in [5.74, 6) is -2.52. The van der Waals surface area contributed by atoms with Crippen LogP contribution in [0, 0.1) is 11.2 Å². The van der Waals surface area contributed by atoms with E-state index in [1.54, 1.807) is 14.2 Å². The molecule has 126 valence electrons. The van der Waals surface area contributed by atoms with Crippen molar-refractivity contribution in [2.24, 2.45) is 5.41 Å². The number of aromatic carboxylic acids is 1. The fourth-order valence-electron chi connectivity index (χ4n) is 3.23. The summed E-state index contributed by atoms with van der Waals surface area (Å²) >= 11 is 0. The Balaban J connectivity index is 2.23. The summed E-state index contributed by atoms with van der Waals surface area (Å²) in [6.07, 6.45) is 0.660. The maximum absolute atomic E-state index is 14.1. The highest BCUT2D eigenvalue weighted by Crippen LogP contribution is 2.53. The smallest absolute Gasteiger partial charge is 0.335 e. The van der Waals surface area contributed by atoms with Gasteiger partial charge in [0.2, 0.25) is 0 Å². The molecule has 5 nitrogen and oxygen atoms in total. The zero-order valence-electron chi connectivity index (χ0n) is 14.0. The van der Waals surface area contributed by atoms with Crippen molar-refractivity contribution in [1.29, 1.82) is 0 Å². The number of halogens is 1. The van der Waals surface area contributed by atoms with Crippen LogP contribution in [0.4, 0.5) is 4.39 Å². The quantitative estimate of drug-likeness (QED) is 0.925. The molecule has 23 heavy (non-hydrogen) atoms. The second kappa shape index (κ2) is 5.60. The lowest BCUT2D eigenvalue weighted by molar-refractivity contribution is -0.198. The third kappa shape index (κ3) is 2.61. The Hall–Kier alpha value is -1.95. The van der Waals surface area contributed by atoms with Crippen molar-refractivity contribution in [3.63, 3.8) is 0 Å². The molecule has 0 saturated heterocycles. The number of carbonyl (C=O) groups excluding carboxylic acids is 1. The fourth-order valence-corrected chi connectivity index (χ4v) is 3.23. The first kappa shape index (κ1) is 17.4. The van der Waals surface area contributed by atoms with Crippen LogP contribution in [-0.2, 0) is 4.74 Å². The van der Waals surface area contributed by atoms with Gasteiger partial charge >= 0.3 is 5.97 Å². The summed E-state index contributed by atoms with van der Waals surface area (Å²) < 4.78 is 19.6. The van der Waals surface area contributed by atoms with Gasteiger partial charge in [-0.15, -0.1) is 0 Å². The van der Waals surface area contributed by atoms with E-state index in [9.17, 15) is 14.0 Å². The molecule has 1 aliphatic carbocycles. The molecule has 0 bridgehead atoms. The van der Waals surface area contributed by atoms with Gasteiger partial charge in [0, 0.05) is 25.6 Å². The van der Waals surface area contributed by atoms with E-state index in [1.807, 2.05) is 20.8 Å². The fraction of sp³-hybridized carbons (Fsp3) is 0.529. The molecule has 1 aliphatic rings. The number of rotatable bonds is 4. The number of ether oxygens (including phenoxy) is 1. The summed E-state index contributed by atoms with van der Waals surface area (Å²) in [4.78, 5) is 24.9. The number of carboxylic acids is 1. The Morgan fingerprint density at radius 2 is 1.96 bits per heavy atom. The van der Waals surface area contributed by atoms with E-state index in [4.69, 9.17) is 9.84 Å². The Bertz CT molecular complexity index is 658. The number of amides is 1. The first-order valence-corrected chi connectivity index (χ1v) is 7.40. The third-order valence-corrected chi connectivity index (χ3v) is 5.46. The molecule has 0 aromatic heterocycles. The minimum atomic E-state index is -1.23. The van der Waals surface area contributed by atoms with Gasteiger partial charge in [-0.25, -0.2) is 9.18 Å². The van der Waals surface area contributed by atoms with Gasteiger partial charge in [-0.3, -0.25) is 4.79 Å². The predicted octanol–water partition coefficient (Wildman–Crippen LogP) is 2.80. The van der Waals surface area contributed by atoms with E-state index in [-0.39, 0.29) is 28.2 Å². The lowest BCUT2D eigenvalue weighted by atomic mass is 9.55. The summed E-state index contributed by atoms with van der Waals surface area (Å²) in [5, 5.41) is 8.86. The van der Waals surface area contributed by atoms with Crippen LogP contribution in [-0.4, -0.2) is 47.7 Å². The Labute approximate surface area is 135 Å². The molecule has 6 heteroatoms. The number of methoxy groups -OCH3 is 1. The molecule has 1 aromatic rings. The standard InChI is InChI=1S/C17H22FNO4/c1-16(2)13(9-17(16,3)23-5)19(4)14(20)11-7-6-10(15(21)22)8-12(11)18/h6-8,13H,9H2,1-5H3,(H,21,22). The van der Waals surface area contributed by atoms with Gasteiger partial charge in [-0.05, 0) is 31.5 Å². The molecule has 1 fully saturated rings. The molecule has 1 amide bonds. The molecule has 2 rings (SSSR count). The number of nitrogens with zero attached hydrogens (tertiary/aromatic N) is 1. The number of benzene rings is 1. The summed E-state index contributed by atoms with van der Waals surface area (Å²) in [6, 6.07) is 3.24. The van der Waals surface area contributed by atoms with Crippen molar-refractivity contribution in [3.05, 3.63) is 35.1 Å². The van der Waals surface area contributed by atoms with E-state index >= 15 is 0 Å². The van der Waals surface area contributed by atoms with Crippen molar-refractivity contribution >= 4 is 11.9 Å². The highest BCUT2D eigenvalue weighted by Gasteiger charge is 2.59. The average Bonchev–Trinajstić information content (AvgIpc) is 2.50. The van der Waals surface area contributed by atoms with Crippen LogP contribution in [0.3, 0.4) is 0 Å². The molecule has 0 aliphatic heterocycles. The Morgan fingerprint density at radius 3 is 2.39 bits per heavy atom. The summed E-state index contributed by atoms with van der Waals surface area (Å²) in [6.45, 7) is 6.01. The summed E-state index contributed by atoms with van der Waals surface area (Å²) in [5.41, 5.74) is -0.918. The van der Waals surface area contributed by atoms with Crippen LogP contribution in [0.25, 0.3) is 0 Å². The van der Waals surface area contributed by atoms with Crippen molar-refractivity contribution in [2.75, 3.05) is 14.2 Å². The first-order chi connectivity index (χ1) is 10.5. The van der Waals surface area contributed by atoms with Crippen LogP contribution >= 0.6 is 0 Å². The highest BCUT2D eigenvalue weighted by molar-refractivity contribution is 5.96. The van der Waals surface area contributed by atoms with Crippen molar-refractivity contribution < 1.29 is 23.8 Å². The van der Waals surface area contributed by atoms with E-state index < -0.39 is 17.7 Å². The number of hydrogen-bond donors (Lipinski definition) is 1. The molecule has 2 unspecified atom stereocenters. The summed E-state index contributed by atoms with van der Waals surface area (Å²) in [7, 11) is 3.28. The molecule has 2 atom stereocenters. The van der Waals surface area contributed by atoms with Crippen LogP contribution in [0.5, 0.6) is 0 Å². The zero-order chi connectivity index (χ0) is 17.6. The average molecular weight is 323 g/mol. The monoisotopic (exact) mass is 323 g/mol. The van der Waals surface area contributed by atoms with Crippen molar-refractivity contribution in [3.8, 4) is 0 Å². The number of carbonyl (C=O) groups is 2. The second-order valence-electron chi connectivity index (χ2n) is 6.79. The minimum Gasteiger partial charge on any atom is -0.478 e. The molecule has 0 heterocycles. The van der Waals surface area contributed by atoms with Crippen LogP contribution in [0.1, 0.15) is 47.9 Å². The zero-order valence-corrected chi connectivity index (χ0v) is 14.0. The molecular weight excluding hydrogens is 301 g/mol. The van der Waals surface area contributed by atoms with Gasteiger partial charge in [0.15, 0.2) is 0 Å². The van der Waals surface area contributed by atoms with Crippen LogP contribution in [0.2, 0.25) is 0 Å². The van der Waals surface area contributed by atoms with Crippen molar-refractivity contribution in [2.45, 2.75) is 38.8 Å². The topological polar surface area (TPSA) is 66.8 Å². The van der Waals surface area contributed by atoms with Gasteiger partial charge < -0.3 is 14.7 Å². The largest absolute Gasteiger partial charge is 0.478 e. The highest BCUT2D eigenvalue weighted by atomic mass is 19.1. The minimum absolute atomic E-state index is 0.0847. The molecule has 0 radical (unpaired) electrons. The molecule has 1 saturated carbocycles. The lowest BCUT2D eigenvalue weighted by Crippen LogP contribution is -2.68. The van der Waals surface area contributed by atoms with Gasteiger partial charge in [0.25, 0.3) is 5.91 Å². The first-order valence-electron chi connectivity index (χ1n) is 7.40. The second-order valence-corrected chi connectivity index (χ2v) is 6.79. The normalized spacial score (nSPS) is 25.6. The molecule has 0 spiro atoms. The molecular formula is C17H22FNO4. The van der Waals surface area contributed by atoms with Gasteiger partial charge in [0.05, 0.1) is 16.7 Å². The lowest BCUT2D eigenvalue weighted by Gasteiger charge is -2.61. The van der Waals surface area contributed by atoms with E-state index in [0.717, 1.165) is 6.07 Å². The van der Waals surface area contributed by atoms with Crippen molar-refractivity contribution in [1.82, 2.24) is 4.90 Å². The van der Waals surface area contributed by atoms with Crippen LogP contribution in [0.15, 0.2) is 18.2 Å². The SMILES string of the molecule is COC1(C)CC(N(C)C(=O)c2ccc(C(=O)O)cc2F)C1(C)C. The molecule has 1 N–H and O–H groups in total. The maximum atomic E-state index is 14.1. The Morgan fingerprint density at radius 1 is 1.35 bits per heavy atom. The van der Waals surface area contributed by atoms with Gasteiger partial charge in [-0.2, -0.15) is 0 Å². The predicted molar refractivity (Wildman–Crippen MR) is 83.1 cm³/mol. The number of hydrogen-bond acceptors (Lipinski definition) is 3. The molecule has 1 aromatic carbocycles. The third-order valence-electron chi connectivity index (χ3n) is 5.46. The maximum Gasteiger partial charge on any atom is 0.335 e. The van der Waals surface area contributed by atoms with Gasteiger partial charge in [0.1, 0.15) is 5.82 Å². The van der Waals surface area contributed by atoms with Gasteiger partial charge in [-0.1, -0.05) is 13.8 Å². The van der Waals surface area contributed by atoms with E-state index in [1.165, 1.54) is 17.0 Å². The number of carboxylic acid groups (broad SMARTS) is 1. The van der Waals surface area contributed by atoms with E-state index in [0.29, 0.717) is 6.42 Å².